The summed E-state index contributed by atoms with van der Waals surface area (Å²) in [6, 6.07) is 19.8. The molecule has 0 unspecified atom stereocenters. The summed E-state index contributed by atoms with van der Waals surface area (Å²) in [7, 11) is 0. The Morgan fingerprint density at radius 3 is 2.20 bits per heavy atom. The molecule has 8 nitrogen and oxygen atoms in total. The highest BCUT2D eigenvalue weighted by atomic mass is 16.6. The first-order valence-corrected chi connectivity index (χ1v) is 8.95. The van der Waals surface area contributed by atoms with Crippen LogP contribution in [0.25, 0.3) is 0 Å². The first-order chi connectivity index (χ1) is 14.4. The third-order valence-corrected chi connectivity index (χ3v) is 4.26. The molecule has 3 rings (SSSR count). The molecule has 8 heteroatoms. The highest BCUT2D eigenvalue weighted by Gasteiger charge is 2.18. The average Bonchev–Trinajstić information content (AvgIpc) is 2.76. The Balaban J connectivity index is 1.61. The van der Waals surface area contributed by atoms with E-state index in [1.807, 2.05) is 30.3 Å². The van der Waals surface area contributed by atoms with Crippen LogP contribution in [0.15, 0.2) is 72.8 Å². The first kappa shape index (κ1) is 20.5. The van der Waals surface area contributed by atoms with Gasteiger partial charge in [-0.1, -0.05) is 30.3 Å². The smallest absolute Gasteiger partial charge is 0.338 e. The molecule has 3 aromatic carbocycles. The van der Waals surface area contributed by atoms with Crippen LogP contribution < -0.4 is 10.5 Å². The van der Waals surface area contributed by atoms with Gasteiger partial charge in [-0.25, -0.2) is 4.79 Å². The minimum atomic E-state index is -0.780. The van der Waals surface area contributed by atoms with Gasteiger partial charge in [-0.15, -0.1) is 0 Å². The highest BCUT2D eigenvalue weighted by Crippen LogP contribution is 2.22. The largest absolute Gasteiger partial charge is 0.489 e. The molecule has 3 aromatic rings. The van der Waals surface area contributed by atoms with Gasteiger partial charge in [-0.2, -0.15) is 0 Å². The van der Waals surface area contributed by atoms with Gasteiger partial charge in [0.25, 0.3) is 5.69 Å². The number of carbonyl (C=O) groups is 2. The third-order valence-electron chi connectivity index (χ3n) is 4.26. The monoisotopic (exact) mass is 406 g/mol. The zero-order valence-electron chi connectivity index (χ0n) is 15.8. The predicted octanol–water partition coefficient (Wildman–Crippen LogP) is 3.63. The number of hydrogen-bond acceptors (Lipinski definition) is 6. The van der Waals surface area contributed by atoms with E-state index in [0.717, 1.165) is 17.4 Å². The van der Waals surface area contributed by atoms with Crippen LogP contribution in [0, 0.1) is 10.1 Å². The van der Waals surface area contributed by atoms with Gasteiger partial charge in [0.1, 0.15) is 19.0 Å². The van der Waals surface area contributed by atoms with Crippen LogP contribution in [0.4, 0.5) is 5.69 Å². The lowest BCUT2D eigenvalue weighted by atomic mass is 10.1. The van der Waals surface area contributed by atoms with Gasteiger partial charge in [0.05, 0.1) is 16.1 Å². The molecule has 1 amide bonds. The van der Waals surface area contributed by atoms with E-state index < -0.39 is 16.8 Å². The Kier molecular flexibility index (Phi) is 6.39. The molecular weight excluding hydrogens is 388 g/mol. The number of primary amides is 1. The van der Waals surface area contributed by atoms with Crippen molar-refractivity contribution in [2.75, 3.05) is 0 Å². The fourth-order valence-electron chi connectivity index (χ4n) is 2.66. The molecule has 0 aliphatic rings. The molecular formula is C22H18N2O6. The summed E-state index contributed by atoms with van der Waals surface area (Å²) < 4.78 is 10.8. The molecule has 0 bridgehead atoms. The Labute approximate surface area is 172 Å². The van der Waals surface area contributed by atoms with Crippen LogP contribution in [-0.4, -0.2) is 16.8 Å². The number of benzene rings is 3. The van der Waals surface area contributed by atoms with Gasteiger partial charge in [-0.05, 0) is 42.0 Å². The second-order valence-corrected chi connectivity index (χ2v) is 6.34. The van der Waals surface area contributed by atoms with Crippen molar-refractivity contribution in [1.29, 1.82) is 0 Å². The molecule has 0 heterocycles. The lowest BCUT2D eigenvalue weighted by Crippen LogP contribution is -2.12. The molecule has 0 radical (unpaired) electrons. The summed E-state index contributed by atoms with van der Waals surface area (Å²) in [6.07, 6.45) is 0. The number of hydrogen-bond donors (Lipinski definition) is 1. The second kappa shape index (κ2) is 9.33. The van der Waals surface area contributed by atoms with Gasteiger partial charge >= 0.3 is 5.97 Å². The van der Waals surface area contributed by atoms with E-state index in [1.54, 1.807) is 24.3 Å². The molecule has 0 fully saturated rings. The fraction of sp³-hybridized carbons (Fsp3) is 0.0909. The van der Waals surface area contributed by atoms with Crippen molar-refractivity contribution in [1.82, 2.24) is 0 Å². The summed E-state index contributed by atoms with van der Waals surface area (Å²) in [4.78, 5) is 34.0. The minimum Gasteiger partial charge on any atom is -0.489 e. The minimum absolute atomic E-state index is 0.00471. The Morgan fingerprint density at radius 1 is 0.900 bits per heavy atom. The lowest BCUT2D eigenvalue weighted by Gasteiger charge is -2.08. The number of nitrogens with zero attached hydrogens (tertiary/aromatic N) is 1. The summed E-state index contributed by atoms with van der Waals surface area (Å²) in [6.45, 7) is 0.0325. The van der Waals surface area contributed by atoms with Crippen LogP contribution in [0.1, 0.15) is 31.8 Å². The highest BCUT2D eigenvalue weighted by molar-refractivity contribution is 5.93. The molecule has 30 heavy (non-hydrogen) atoms. The van der Waals surface area contributed by atoms with E-state index in [4.69, 9.17) is 15.2 Å². The summed E-state index contributed by atoms with van der Waals surface area (Å²) in [5, 5.41) is 11.2. The molecule has 0 atom stereocenters. The SMILES string of the molecule is NC(=O)c1ccc(COC(=O)c2ccc(COc3ccccc3)cc2)c([N+](=O)[O-])c1. The average molecular weight is 406 g/mol. The molecule has 0 aromatic heterocycles. The zero-order valence-corrected chi connectivity index (χ0v) is 15.8. The number of amides is 1. The van der Waals surface area contributed by atoms with Crippen molar-refractivity contribution in [2.24, 2.45) is 5.73 Å². The molecule has 152 valence electrons. The maximum atomic E-state index is 12.3. The molecule has 0 aliphatic carbocycles. The number of nitro groups is 1. The molecule has 0 saturated carbocycles. The normalized spacial score (nSPS) is 10.3. The fourth-order valence-corrected chi connectivity index (χ4v) is 2.66. The quantitative estimate of drug-likeness (QED) is 0.346. The van der Waals surface area contributed by atoms with E-state index in [-0.39, 0.29) is 23.4 Å². The van der Waals surface area contributed by atoms with Crippen LogP contribution in [-0.2, 0) is 18.0 Å². The third kappa shape index (κ3) is 5.20. The number of carbonyl (C=O) groups excluding carboxylic acids is 2. The van der Waals surface area contributed by atoms with Crippen LogP contribution >= 0.6 is 0 Å². The number of nitro benzene ring substituents is 1. The van der Waals surface area contributed by atoms with Crippen molar-refractivity contribution in [2.45, 2.75) is 13.2 Å². The van der Waals surface area contributed by atoms with E-state index >= 15 is 0 Å². The number of nitrogens with two attached hydrogens (primary N) is 1. The van der Waals surface area contributed by atoms with Crippen molar-refractivity contribution in [3.63, 3.8) is 0 Å². The Hall–Kier alpha value is -4.20. The number of rotatable bonds is 8. The number of para-hydroxylation sites is 1. The topological polar surface area (TPSA) is 122 Å². The van der Waals surface area contributed by atoms with Crippen LogP contribution in [0.5, 0.6) is 5.75 Å². The summed E-state index contributed by atoms with van der Waals surface area (Å²) in [5.41, 5.74) is 6.13. The summed E-state index contributed by atoms with van der Waals surface area (Å²) in [5.74, 6) is -0.665. The van der Waals surface area contributed by atoms with Gasteiger partial charge in [-0.3, -0.25) is 14.9 Å². The van der Waals surface area contributed by atoms with E-state index in [2.05, 4.69) is 0 Å². The van der Waals surface area contributed by atoms with Crippen molar-refractivity contribution in [3.8, 4) is 5.75 Å². The van der Waals surface area contributed by atoms with Gasteiger partial charge in [0.2, 0.25) is 5.91 Å². The molecule has 0 spiro atoms. The Bertz CT molecular complexity index is 1060. The first-order valence-electron chi connectivity index (χ1n) is 8.95. The molecule has 0 saturated heterocycles. The molecule has 0 aliphatic heterocycles. The van der Waals surface area contributed by atoms with Crippen molar-refractivity contribution in [3.05, 3.63) is 105 Å². The van der Waals surface area contributed by atoms with Crippen LogP contribution in [0.2, 0.25) is 0 Å². The van der Waals surface area contributed by atoms with Crippen molar-refractivity contribution >= 4 is 17.6 Å². The zero-order chi connectivity index (χ0) is 21.5. The number of esters is 1. The maximum Gasteiger partial charge on any atom is 0.338 e. The second-order valence-electron chi connectivity index (χ2n) is 6.34. The standard InChI is InChI=1S/C22H18N2O6/c23-21(25)17-10-11-18(20(12-17)24(27)28)14-30-22(26)16-8-6-15(7-9-16)13-29-19-4-2-1-3-5-19/h1-12H,13-14H2,(H2,23,25). The van der Waals surface area contributed by atoms with Gasteiger partial charge in [0.15, 0.2) is 0 Å². The lowest BCUT2D eigenvalue weighted by molar-refractivity contribution is -0.385. The van der Waals surface area contributed by atoms with Crippen LogP contribution in [0.3, 0.4) is 0 Å². The Morgan fingerprint density at radius 2 is 1.57 bits per heavy atom. The van der Waals surface area contributed by atoms with E-state index in [1.165, 1.54) is 12.1 Å². The van der Waals surface area contributed by atoms with E-state index in [0.29, 0.717) is 12.2 Å². The summed E-state index contributed by atoms with van der Waals surface area (Å²) >= 11 is 0. The van der Waals surface area contributed by atoms with Gasteiger partial charge < -0.3 is 15.2 Å². The molecule has 2 N–H and O–H groups in total. The number of ether oxygens (including phenoxy) is 2. The van der Waals surface area contributed by atoms with Gasteiger partial charge in [0, 0.05) is 11.6 Å². The predicted molar refractivity (Wildman–Crippen MR) is 108 cm³/mol. The van der Waals surface area contributed by atoms with E-state index in [9.17, 15) is 19.7 Å². The van der Waals surface area contributed by atoms with Crippen molar-refractivity contribution < 1.29 is 24.0 Å². The maximum absolute atomic E-state index is 12.3.